The third-order valence-electron chi connectivity index (χ3n) is 3.18. The van der Waals surface area contributed by atoms with E-state index < -0.39 is 17.2 Å². The summed E-state index contributed by atoms with van der Waals surface area (Å²) in [4.78, 5) is 22.8. The summed E-state index contributed by atoms with van der Waals surface area (Å²) in [6.07, 6.45) is 3.85. The number of primary amides is 2. The van der Waals surface area contributed by atoms with Crippen LogP contribution < -0.4 is 11.5 Å². The highest BCUT2D eigenvalue weighted by atomic mass is 16.1. The predicted octanol–water partition coefficient (Wildman–Crippen LogP) is 0.876. The Morgan fingerprint density at radius 1 is 1.38 bits per heavy atom. The molecule has 0 aliphatic heterocycles. The summed E-state index contributed by atoms with van der Waals surface area (Å²) in [6, 6.07) is 0. The van der Waals surface area contributed by atoms with E-state index >= 15 is 0 Å². The van der Waals surface area contributed by atoms with Gasteiger partial charge in [-0.25, -0.2) is 0 Å². The molecule has 0 radical (unpaired) electrons. The van der Waals surface area contributed by atoms with Crippen molar-refractivity contribution < 1.29 is 9.59 Å². The molecule has 0 bridgehead atoms. The van der Waals surface area contributed by atoms with Gasteiger partial charge in [0.1, 0.15) is 0 Å². The molecule has 0 aromatic heterocycles. The van der Waals surface area contributed by atoms with Crippen molar-refractivity contribution in [2.24, 2.45) is 22.8 Å². The van der Waals surface area contributed by atoms with Gasteiger partial charge in [-0.2, -0.15) is 0 Å². The molecule has 1 aliphatic carbocycles. The van der Waals surface area contributed by atoms with Crippen molar-refractivity contribution in [2.45, 2.75) is 27.2 Å². The fraction of sp³-hybridized carbons (Fsp3) is 0.500. The predicted molar refractivity (Wildman–Crippen MR) is 62.1 cm³/mol. The van der Waals surface area contributed by atoms with E-state index in [-0.39, 0.29) is 5.92 Å². The molecular weight excluding hydrogens is 204 g/mol. The second-order valence-electron chi connectivity index (χ2n) is 4.66. The number of carbonyl (C=O) groups excluding carboxylic acids is 2. The topological polar surface area (TPSA) is 86.2 Å². The Bertz CT molecular complexity index is 394. The van der Waals surface area contributed by atoms with Crippen molar-refractivity contribution in [3.8, 4) is 0 Å². The third kappa shape index (κ3) is 2.01. The van der Waals surface area contributed by atoms with E-state index in [2.05, 4.69) is 0 Å². The zero-order valence-corrected chi connectivity index (χ0v) is 9.91. The minimum Gasteiger partial charge on any atom is -0.369 e. The lowest BCUT2D eigenvalue weighted by Gasteiger charge is -2.34. The molecule has 1 rings (SSSR count). The molecule has 1 atom stereocenters. The Balaban J connectivity index is 3.23. The molecule has 1 unspecified atom stereocenters. The standard InChI is InChI=1S/C12H18N2O2/c1-7(2)12(11(14)16)5-8(3)4-9(6-12)10(13)15/h4-5,7H,6H2,1-3H3,(H2,13,15)(H2,14,16). The Morgan fingerprint density at radius 3 is 2.31 bits per heavy atom. The minimum absolute atomic E-state index is 0.0306. The van der Waals surface area contributed by atoms with Crippen LogP contribution in [0.4, 0.5) is 0 Å². The molecule has 0 spiro atoms. The van der Waals surface area contributed by atoms with Gasteiger partial charge < -0.3 is 11.5 Å². The maximum Gasteiger partial charge on any atom is 0.244 e. The first kappa shape index (κ1) is 12.5. The molecule has 1 aliphatic rings. The van der Waals surface area contributed by atoms with Crippen LogP contribution in [0.2, 0.25) is 0 Å². The van der Waals surface area contributed by atoms with Gasteiger partial charge in [-0.15, -0.1) is 0 Å². The lowest BCUT2D eigenvalue weighted by atomic mass is 9.68. The van der Waals surface area contributed by atoms with E-state index in [1.807, 2.05) is 26.8 Å². The number of nitrogens with two attached hydrogens (primary N) is 2. The lowest BCUT2D eigenvalue weighted by molar-refractivity contribution is -0.127. The molecule has 0 saturated heterocycles. The van der Waals surface area contributed by atoms with Gasteiger partial charge in [-0.1, -0.05) is 31.6 Å². The fourth-order valence-electron chi connectivity index (χ4n) is 2.11. The summed E-state index contributed by atoms with van der Waals surface area (Å²) in [5, 5.41) is 0. The molecule has 0 aromatic rings. The van der Waals surface area contributed by atoms with Crippen LogP contribution in [0.3, 0.4) is 0 Å². The quantitative estimate of drug-likeness (QED) is 0.742. The SMILES string of the molecule is CC1=CC(C(N)=O)(C(C)C)CC(C(N)=O)=C1. The zero-order valence-electron chi connectivity index (χ0n) is 9.91. The van der Waals surface area contributed by atoms with Crippen molar-refractivity contribution in [1.29, 1.82) is 0 Å². The molecule has 4 heteroatoms. The second kappa shape index (κ2) is 4.12. The zero-order chi connectivity index (χ0) is 12.5. The van der Waals surface area contributed by atoms with Crippen LogP contribution in [0, 0.1) is 11.3 Å². The highest BCUT2D eigenvalue weighted by Crippen LogP contribution is 2.40. The van der Waals surface area contributed by atoms with Crippen LogP contribution in [0.25, 0.3) is 0 Å². The fourth-order valence-corrected chi connectivity index (χ4v) is 2.11. The first-order valence-corrected chi connectivity index (χ1v) is 5.29. The van der Waals surface area contributed by atoms with Crippen molar-refractivity contribution >= 4 is 11.8 Å². The maximum absolute atomic E-state index is 11.6. The van der Waals surface area contributed by atoms with E-state index in [0.717, 1.165) is 5.57 Å². The molecule has 4 nitrogen and oxygen atoms in total. The van der Waals surface area contributed by atoms with Crippen molar-refractivity contribution in [3.05, 3.63) is 23.3 Å². The van der Waals surface area contributed by atoms with Gasteiger partial charge in [0, 0.05) is 5.57 Å². The highest BCUT2D eigenvalue weighted by Gasteiger charge is 2.41. The third-order valence-corrected chi connectivity index (χ3v) is 3.18. The molecule has 4 N–H and O–H groups in total. The van der Waals surface area contributed by atoms with Crippen LogP contribution >= 0.6 is 0 Å². The summed E-state index contributed by atoms with van der Waals surface area (Å²) in [7, 11) is 0. The molecule has 0 fully saturated rings. The van der Waals surface area contributed by atoms with E-state index in [1.165, 1.54) is 0 Å². The summed E-state index contributed by atoms with van der Waals surface area (Å²) in [6.45, 7) is 5.67. The minimum atomic E-state index is -0.788. The highest BCUT2D eigenvalue weighted by molar-refractivity contribution is 5.95. The Labute approximate surface area is 95.4 Å². The second-order valence-corrected chi connectivity index (χ2v) is 4.66. The maximum atomic E-state index is 11.6. The van der Waals surface area contributed by atoms with Gasteiger partial charge in [0.15, 0.2) is 0 Å². The van der Waals surface area contributed by atoms with E-state index in [9.17, 15) is 9.59 Å². The average molecular weight is 222 g/mol. The molecule has 0 saturated carbocycles. The number of rotatable bonds is 3. The monoisotopic (exact) mass is 222 g/mol. The molecule has 0 heterocycles. The summed E-state index contributed by atoms with van der Waals surface area (Å²) in [5.74, 6) is -0.865. The van der Waals surface area contributed by atoms with Crippen LogP contribution in [0.5, 0.6) is 0 Å². The Kier molecular flexibility index (Phi) is 3.21. The molecular formula is C12H18N2O2. The van der Waals surface area contributed by atoms with E-state index in [0.29, 0.717) is 12.0 Å². The molecule has 16 heavy (non-hydrogen) atoms. The van der Waals surface area contributed by atoms with Gasteiger partial charge >= 0.3 is 0 Å². The van der Waals surface area contributed by atoms with Crippen LogP contribution in [-0.4, -0.2) is 11.8 Å². The van der Waals surface area contributed by atoms with Crippen LogP contribution in [0.1, 0.15) is 27.2 Å². The van der Waals surface area contributed by atoms with Crippen molar-refractivity contribution in [1.82, 2.24) is 0 Å². The summed E-state index contributed by atoms with van der Waals surface area (Å²) >= 11 is 0. The van der Waals surface area contributed by atoms with Crippen LogP contribution in [-0.2, 0) is 9.59 Å². The average Bonchev–Trinajstić information content (AvgIpc) is 2.15. The van der Waals surface area contributed by atoms with Crippen molar-refractivity contribution in [3.63, 3.8) is 0 Å². The first-order valence-electron chi connectivity index (χ1n) is 5.29. The Hall–Kier alpha value is -1.58. The van der Waals surface area contributed by atoms with E-state index in [4.69, 9.17) is 11.5 Å². The van der Waals surface area contributed by atoms with Crippen molar-refractivity contribution in [2.75, 3.05) is 0 Å². The summed E-state index contributed by atoms with van der Waals surface area (Å²) < 4.78 is 0. The summed E-state index contributed by atoms with van der Waals surface area (Å²) in [5.41, 5.74) is 11.3. The number of allylic oxidation sites excluding steroid dienone is 2. The van der Waals surface area contributed by atoms with Gasteiger partial charge in [0.25, 0.3) is 0 Å². The normalized spacial score (nSPS) is 25.0. The van der Waals surface area contributed by atoms with Crippen LogP contribution in [0.15, 0.2) is 23.3 Å². The van der Waals surface area contributed by atoms with Gasteiger partial charge in [0.05, 0.1) is 5.41 Å². The number of hydrogen-bond donors (Lipinski definition) is 2. The smallest absolute Gasteiger partial charge is 0.244 e. The first-order chi connectivity index (χ1) is 7.29. The molecule has 0 aromatic carbocycles. The lowest BCUT2D eigenvalue weighted by Crippen LogP contribution is -2.42. The van der Waals surface area contributed by atoms with Gasteiger partial charge in [-0.05, 0) is 19.3 Å². The molecule has 2 amide bonds. The Morgan fingerprint density at radius 2 is 1.94 bits per heavy atom. The number of hydrogen-bond acceptors (Lipinski definition) is 2. The largest absolute Gasteiger partial charge is 0.369 e. The number of amides is 2. The number of carbonyl (C=O) groups is 2. The van der Waals surface area contributed by atoms with Gasteiger partial charge in [0.2, 0.25) is 11.8 Å². The molecule has 88 valence electrons. The van der Waals surface area contributed by atoms with Gasteiger partial charge in [-0.3, -0.25) is 9.59 Å². The van der Waals surface area contributed by atoms with E-state index in [1.54, 1.807) is 6.08 Å².